The maximum absolute atomic E-state index is 13.2. The minimum Gasteiger partial charge on any atom is -0.369 e. The smallest absolute Gasteiger partial charge is 0.369 e. The molecule has 0 radical (unpaired) electrons. The number of halogens is 3. The molecule has 1 fully saturated rings. The fraction of sp³-hybridized carbons (Fsp3) is 0.562. The van der Waals surface area contributed by atoms with Gasteiger partial charge in [-0.15, -0.1) is 0 Å². The average molecular weight is 299 g/mol. The van der Waals surface area contributed by atoms with Gasteiger partial charge in [-0.05, 0) is 36.8 Å². The van der Waals surface area contributed by atoms with E-state index in [9.17, 15) is 18.0 Å². The van der Waals surface area contributed by atoms with Crippen molar-refractivity contribution in [1.82, 2.24) is 0 Å². The zero-order valence-corrected chi connectivity index (χ0v) is 12.0. The predicted octanol–water partition coefficient (Wildman–Crippen LogP) is 4.24. The van der Waals surface area contributed by atoms with Crippen molar-refractivity contribution in [3.63, 3.8) is 0 Å². The zero-order chi connectivity index (χ0) is 15.7. The molecular weight excluding hydrogens is 279 g/mol. The molecule has 1 aliphatic carbocycles. The molecule has 1 amide bonds. The molecule has 5 heteroatoms. The summed E-state index contributed by atoms with van der Waals surface area (Å²) in [5.41, 5.74) is 4.29. The van der Waals surface area contributed by atoms with Crippen LogP contribution in [-0.4, -0.2) is 5.91 Å². The van der Waals surface area contributed by atoms with Crippen LogP contribution in [0.25, 0.3) is 0 Å². The first-order valence-corrected chi connectivity index (χ1v) is 7.29. The third kappa shape index (κ3) is 2.78. The normalized spacial score (nSPS) is 26.6. The van der Waals surface area contributed by atoms with Crippen molar-refractivity contribution in [3.8, 4) is 0 Å². The lowest BCUT2D eigenvalue weighted by atomic mass is 9.61. The first kappa shape index (κ1) is 15.9. The van der Waals surface area contributed by atoms with Gasteiger partial charge in [0.05, 0.1) is 11.0 Å². The van der Waals surface area contributed by atoms with Crippen LogP contribution in [0.4, 0.5) is 13.2 Å². The van der Waals surface area contributed by atoms with Gasteiger partial charge in [0, 0.05) is 0 Å². The van der Waals surface area contributed by atoms with E-state index in [4.69, 9.17) is 5.73 Å². The predicted molar refractivity (Wildman–Crippen MR) is 74.6 cm³/mol. The summed E-state index contributed by atoms with van der Waals surface area (Å²) in [5.74, 6) is -0.932. The highest BCUT2D eigenvalue weighted by Crippen LogP contribution is 2.51. The number of hydrogen-bond donors (Lipinski definition) is 1. The van der Waals surface area contributed by atoms with Crippen molar-refractivity contribution in [2.75, 3.05) is 0 Å². The van der Waals surface area contributed by atoms with Gasteiger partial charge in [-0.2, -0.15) is 13.2 Å². The summed E-state index contributed by atoms with van der Waals surface area (Å²) in [7, 11) is 0. The van der Waals surface area contributed by atoms with E-state index in [1.165, 1.54) is 12.1 Å². The van der Waals surface area contributed by atoms with Crippen LogP contribution in [0.5, 0.6) is 0 Å². The van der Waals surface area contributed by atoms with Gasteiger partial charge in [0.2, 0.25) is 5.91 Å². The van der Waals surface area contributed by atoms with Gasteiger partial charge in [0.1, 0.15) is 0 Å². The van der Waals surface area contributed by atoms with Crippen LogP contribution in [0.3, 0.4) is 0 Å². The lowest BCUT2D eigenvalue weighted by Crippen LogP contribution is -2.44. The van der Waals surface area contributed by atoms with E-state index in [0.29, 0.717) is 19.3 Å². The van der Waals surface area contributed by atoms with E-state index in [-0.39, 0.29) is 5.56 Å². The summed E-state index contributed by atoms with van der Waals surface area (Å²) >= 11 is 0. The highest BCUT2D eigenvalue weighted by atomic mass is 19.4. The average Bonchev–Trinajstić information content (AvgIpc) is 2.46. The molecule has 2 nitrogen and oxygen atoms in total. The van der Waals surface area contributed by atoms with Gasteiger partial charge in [-0.1, -0.05) is 38.0 Å². The van der Waals surface area contributed by atoms with E-state index < -0.39 is 29.0 Å². The molecule has 1 aromatic rings. The lowest BCUT2D eigenvalue weighted by molar-refractivity contribution is -0.140. The number of nitrogens with two attached hydrogens (primary N) is 1. The monoisotopic (exact) mass is 299 g/mol. The molecule has 1 aromatic carbocycles. The van der Waals surface area contributed by atoms with Gasteiger partial charge in [0.15, 0.2) is 0 Å². The van der Waals surface area contributed by atoms with Crippen LogP contribution in [0, 0.1) is 5.41 Å². The quantitative estimate of drug-likeness (QED) is 0.891. The van der Waals surface area contributed by atoms with Crippen molar-refractivity contribution >= 4 is 5.91 Å². The SMILES string of the molecule is CCC1(C(N)=O)CCCCC1c1ccccc1C(F)(F)F. The molecule has 1 aliphatic rings. The summed E-state index contributed by atoms with van der Waals surface area (Å²) in [6, 6.07) is 5.56. The topological polar surface area (TPSA) is 43.1 Å². The number of hydrogen-bond acceptors (Lipinski definition) is 1. The Bertz CT molecular complexity index is 526. The molecule has 21 heavy (non-hydrogen) atoms. The zero-order valence-electron chi connectivity index (χ0n) is 12.0. The molecule has 2 unspecified atom stereocenters. The molecule has 1 saturated carbocycles. The number of benzene rings is 1. The Morgan fingerprint density at radius 2 is 2.00 bits per heavy atom. The summed E-state index contributed by atoms with van der Waals surface area (Å²) in [5, 5.41) is 0. The lowest BCUT2D eigenvalue weighted by Gasteiger charge is -2.42. The Morgan fingerprint density at radius 3 is 2.57 bits per heavy atom. The number of alkyl halides is 3. The molecule has 0 spiro atoms. The standard InChI is InChI=1S/C16H20F3NO/c1-2-15(14(20)21)10-6-5-8-12(15)11-7-3-4-9-13(11)16(17,18)19/h3-4,7,9,12H,2,5-6,8,10H2,1H3,(H2,20,21). The third-order valence-electron chi connectivity index (χ3n) is 4.80. The van der Waals surface area contributed by atoms with E-state index in [1.54, 1.807) is 6.07 Å². The molecule has 2 atom stereocenters. The number of carbonyl (C=O) groups is 1. The van der Waals surface area contributed by atoms with Gasteiger partial charge in [-0.25, -0.2) is 0 Å². The molecule has 2 rings (SSSR count). The summed E-state index contributed by atoms with van der Waals surface area (Å²) < 4.78 is 39.7. The minimum absolute atomic E-state index is 0.213. The Labute approximate surface area is 122 Å². The molecule has 0 aromatic heterocycles. The molecule has 0 saturated heterocycles. The number of amides is 1. The van der Waals surface area contributed by atoms with Crippen LogP contribution in [-0.2, 0) is 11.0 Å². The highest BCUT2D eigenvalue weighted by Gasteiger charge is 2.47. The van der Waals surface area contributed by atoms with Crippen molar-refractivity contribution in [2.45, 2.75) is 51.1 Å². The highest BCUT2D eigenvalue weighted by molar-refractivity contribution is 5.82. The second kappa shape index (κ2) is 5.70. The van der Waals surface area contributed by atoms with E-state index in [1.807, 2.05) is 6.92 Å². The Kier molecular flexibility index (Phi) is 4.30. The molecule has 0 bridgehead atoms. The van der Waals surface area contributed by atoms with Crippen molar-refractivity contribution in [2.24, 2.45) is 11.1 Å². The largest absolute Gasteiger partial charge is 0.416 e. The van der Waals surface area contributed by atoms with Crippen LogP contribution < -0.4 is 5.73 Å². The molecular formula is C16H20F3NO. The number of rotatable bonds is 3. The van der Waals surface area contributed by atoms with E-state index in [2.05, 4.69) is 0 Å². The van der Waals surface area contributed by atoms with E-state index >= 15 is 0 Å². The van der Waals surface area contributed by atoms with Crippen LogP contribution >= 0.6 is 0 Å². The first-order valence-electron chi connectivity index (χ1n) is 7.29. The van der Waals surface area contributed by atoms with Gasteiger partial charge in [0.25, 0.3) is 0 Å². The second-order valence-corrected chi connectivity index (χ2v) is 5.76. The van der Waals surface area contributed by atoms with E-state index in [0.717, 1.165) is 18.9 Å². The maximum atomic E-state index is 13.2. The summed E-state index contributed by atoms with van der Waals surface area (Å²) in [6.07, 6.45) is -1.14. The van der Waals surface area contributed by atoms with Gasteiger partial charge >= 0.3 is 6.18 Å². The maximum Gasteiger partial charge on any atom is 0.416 e. The molecule has 2 N–H and O–H groups in total. The fourth-order valence-corrected chi connectivity index (χ4v) is 3.64. The van der Waals surface area contributed by atoms with Crippen molar-refractivity contribution in [1.29, 1.82) is 0 Å². The van der Waals surface area contributed by atoms with Crippen molar-refractivity contribution in [3.05, 3.63) is 35.4 Å². The summed E-state index contributed by atoms with van der Waals surface area (Å²) in [4.78, 5) is 12.0. The summed E-state index contributed by atoms with van der Waals surface area (Å²) in [6.45, 7) is 1.83. The minimum atomic E-state index is -4.41. The van der Waals surface area contributed by atoms with Gasteiger partial charge in [-0.3, -0.25) is 4.79 Å². The first-order chi connectivity index (χ1) is 9.83. The second-order valence-electron chi connectivity index (χ2n) is 5.76. The van der Waals surface area contributed by atoms with Crippen LogP contribution in [0.15, 0.2) is 24.3 Å². The van der Waals surface area contributed by atoms with Crippen LogP contribution in [0.1, 0.15) is 56.1 Å². The van der Waals surface area contributed by atoms with Gasteiger partial charge < -0.3 is 5.73 Å². The van der Waals surface area contributed by atoms with Crippen LogP contribution in [0.2, 0.25) is 0 Å². The number of primary amides is 1. The molecule has 0 aliphatic heterocycles. The fourth-order valence-electron chi connectivity index (χ4n) is 3.64. The molecule has 116 valence electrons. The Morgan fingerprint density at radius 1 is 1.33 bits per heavy atom. The van der Waals surface area contributed by atoms with Crippen molar-refractivity contribution < 1.29 is 18.0 Å². The molecule has 0 heterocycles. The number of carbonyl (C=O) groups excluding carboxylic acids is 1. The third-order valence-corrected chi connectivity index (χ3v) is 4.80. The Hall–Kier alpha value is -1.52. The Balaban J connectivity index is 2.56.